The van der Waals surface area contributed by atoms with Crippen molar-refractivity contribution >= 4 is 28.5 Å². The van der Waals surface area contributed by atoms with Crippen molar-refractivity contribution in [3.8, 4) is 0 Å². The molecule has 1 aromatic carbocycles. The third-order valence-corrected chi connectivity index (χ3v) is 6.17. The van der Waals surface area contributed by atoms with Crippen LogP contribution in [0.5, 0.6) is 0 Å². The summed E-state index contributed by atoms with van der Waals surface area (Å²) in [4.78, 5) is 40.6. The van der Waals surface area contributed by atoms with Crippen molar-refractivity contribution in [2.45, 2.75) is 57.0 Å². The number of hydrogen-bond acceptors (Lipinski definition) is 4. The Morgan fingerprint density at radius 1 is 1.03 bits per heavy atom. The normalized spacial score (nSPS) is 18.3. The van der Waals surface area contributed by atoms with Gasteiger partial charge in [-0.25, -0.2) is 4.79 Å². The third-order valence-electron chi connectivity index (χ3n) is 6.17. The van der Waals surface area contributed by atoms with E-state index in [1.165, 1.54) is 31.4 Å². The van der Waals surface area contributed by atoms with Crippen LogP contribution in [0.2, 0.25) is 0 Å². The second-order valence-electron chi connectivity index (χ2n) is 8.21. The lowest BCUT2D eigenvalue weighted by atomic mass is 9.95. The van der Waals surface area contributed by atoms with Crippen molar-refractivity contribution in [2.24, 2.45) is 0 Å². The Hall–Kier alpha value is -3.10. The molecule has 160 valence electrons. The molecule has 1 saturated carbocycles. The second-order valence-corrected chi connectivity index (χ2v) is 8.21. The molecule has 1 aliphatic heterocycles. The lowest BCUT2D eigenvalue weighted by molar-refractivity contribution is -0.384. The Balaban J connectivity index is 1.32. The Morgan fingerprint density at radius 3 is 2.43 bits per heavy atom. The van der Waals surface area contributed by atoms with Crippen LogP contribution >= 0.6 is 0 Å². The molecule has 2 fully saturated rings. The number of aromatic nitrogens is 1. The summed E-state index contributed by atoms with van der Waals surface area (Å²) in [5, 5.41) is 17.7. The van der Waals surface area contributed by atoms with Crippen molar-refractivity contribution < 1.29 is 14.5 Å². The molecule has 0 radical (unpaired) electrons. The molecule has 30 heavy (non-hydrogen) atoms. The van der Waals surface area contributed by atoms with Gasteiger partial charge in [-0.15, -0.1) is 0 Å². The SMILES string of the molecule is O=C(NC1CCN(C(=O)NC2CCCCC2)CC1)c1c[nH]c2ccc([N+](=O)[O-])cc12. The summed E-state index contributed by atoms with van der Waals surface area (Å²) < 4.78 is 0. The lowest BCUT2D eigenvalue weighted by Gasteiger charge is -2.34. The molecule has 0 bridgehead atoms. The summed E-state index contributed by atoms with van der Waals surface area (Å²) in [5.41, 5.74) is 1.03. The maximum absolute atomic E-state index is 12.8. The van der Waals surface area contributed by atoms with Crippen LogP contribution in [0.1, 0.15) is 55.3 Å². The Morgan fingerprint density at radius 2 is 1.73 bits per heavy atom. The fraction of sp³-hybridized carbons (Fsp3) is 0.524. The molecule has 0 atom stereocenters. The molecule has 0 spiro atoms. The summed E-state index contributed by atoms with van der Waals surface area (Å²) >= 11 is 0. The van der Waals surface area contributed by atoms with Crippen LogP contribution in [0.4, 0.5) is 10.5 Å². The van der Waals surface area contributed by atoms with Crippen molar-refractivity contribution in [1.29, 1.82) is 0 Å². The first-order valence-corrected chi connectivity index (χ1v) is 10.6. The summed E-state index contributed by atoms with van der Waals surface area (Å²) in [5.74, 6) is -0.258. The Kier molecular flexibility index (Phi) is 5.87. The van der Waals surface area contributed by atoms with Gasteiger partial charge in [0.25, 0.3) is 11.6 Å². The number of carbonyl (C=O) groups is 2. The molecule has 4 rings (SSSR count). The van der Waals surface area contributed by atoms with E-state index in [0.717, 1.165) is 12.8 Å². The van der Waals surface area contributed by atoms with Gasteiger partial charge in [-0.05, 0) is 31.7 Å². The van der Waals surface area contributed by atoms with Crippen LogP contribution in [-0.4, -0.2) is 51.9 Å². The monoisotopic (exact) mass is 413 g/mol. The van der Waals surface area contributed by atoms with Gasteiger partial charge < -0.3 is 20.5 Å². The first-order valence-electron chi connectivity index (χ1n) is 10.6. The largest absolute Gasteiger partial charge is 0.360 e. The molecule has 1 aromatic heterocycles. The van der Waals surface area contributed by atoms with E-state index < -0.39 is 4.92 Å². The van der Waals surface area contributed by atoms with Gasteiger partial charge in [0.1, 0.15) is 0 Å². The van der Waals surface area contributed by atoms with Crippen LogP contribution in [0.3, 0.4) is 0 Å². The number of H-pyrrole nitrogens is 1. The zero-order chi connectivity index (χ0) is 21.1. The van der Waals surface area contributed by atoms with E-state index in [4.69, 9.17) is 0 Å². The van der Waals surface area contributed by atoms with E-state index in [-0.39, 0.29) is 29.7 Å². The fourth-order valence-electron chi connectivity index (χ4n) is 4.41. The van der Waals surface area contributed by atoms with Crippen LogP contribution in [0.15, 0.2) is 24.4 Å². The number of amides is 3. The summed E-state index contributed by atoms with van der Waals surface area (Å²) in [6, 6.07) is 4.69. The number of benzene rings is 1. The van der Waals surface area contributed by atoms with Crippen molar-refractivity contribution in [3.63, 3.8) is 0 Å². The van der Waals surface area contributed by atoms with Crippen molar-refractivity contribution in [2.75, 3.05) is 13.1 Å². The number of urea groups is 1. The third kappa shape index (κ3) is 4.39. The van der Waals surface area contributed by atoms with Crippen LogP contribution in [-0.2, 0) is 0 Å². The second kappa shape index (κ2) is 8.73. The van der Waals surface area contributed by atoms with E-state index in [2.05, 4.69) is 15.6 Å². The number of nitrogens with zero attached hydrogens (tertiary/aromatic N) is 2. The molecule has 0 unspecified atom stereocenters. The lowest BCUT2D eigenvalue weighted by Crippen LogP contribution is -2.51. The highest BCUT2D eigenvalue weighted by Gasteiger charge is 2.26. The predicted molar refractivity (Wildman–Crippen MR) is 112 cm³/mol. The average molecular weight is 413 g/mol. The molecule has 2 aromatic rings. The highest BCUT2D eigenvalue weighted by molar-refractivity contribution is 6.07. The number of nitro benzene ring substituents is 1. The number of aromatic amines is 1. The number of likely N-dealkylation sites (tertiary alicyclic amines) is 1. The molecular formula is C21H27N5O4. The van der Waals surface area contributed by atoms with Gasteiger partial charge in [-0.1, -0.05) is 19.3 Å². The van der Waals surface area contributed by atoms with E-state index >= 15 is 0 Å². The number of fused-ring (bicyclic) bond motifs is 1. The number of hydrogen-bond donors (Lipinski definition) is 3. The standard InChI is InChI=1S/C21H27N5O4/c27-20(18-13-22-19-7-6-16(26(29)30)12-17(18)19)23-15-8-10-25(11-9-15)21(28)24-14-4-2-1-3-5-14/h6-7,12-15,22H,1-5,8-11H2,(H,23,27)(H,24,28). The number of rotatable bonds is 4. The molecule has 3 N–H and O–H groups in total. The van der Waals surface area contributed by atoms with Gasteiger partial charge in [0.15, 0.2) is 0 Å². The number of nitro groups is 1. The topological polar surface area (TPSA) is 120 Å². The molecule has 2 aliphatic rings. The van der Waals surface area contributed by atoms with E-state index in [1.807, 2.05) is 4.90 Å². The quantitative estimate of drug-likeness (QED) is 0.526. The van der Waals surface area contributed by atoms with Crippen LogP contribution in [0, 0.1) is 10.1 Å². The Labute approximate surface area is 174 Å². The molecule has 9 heteroatoms. The summed E-state index contributed by atoms with van der Waals surface area (Å²) in [6.45, 7) is 1.20. The van der Waals surface area contributed by atoms with Gasteiger partial charge in [-0.3, -0.25) is 14.9 Å². The molecule has 1 aliphatic carbocycles. The number of carbonyl (C=O) groups excluding carboxylic acids is 2. The van der Waals surface area contributed by atoms with Gasteiger partial charge in [0.2, 0.25) is 0 Å². The van der Waals surface area contributed by atoms with Crippen LogP contribution < -0.4 is 10.6 Å². The average Bonchev–Trinajstić information content (AvgIpc) is 3.18. The number of nitrogens with one attached hydrogen (secondary N) is 3. The maximum atomic E-state index is 12.8. The minimum Gasteiger partial charge on any atom is -0.360 e. The molecular weight excluding hydrogens is 386 g/mol. The predicted octanol–water partition coefficient (Wildman–Crippen LogP) is 3.31. The minimum atomic E-state index is -0.470. The Bertz CT molecular complexity index is 942. The van der Waals surface area contributed by atoms with Gasteiger partial charge in [-0.2, -0.15) is 0 Å². The van der Waals surface area contributed by atoms with E-state index in [1.54, 1.807) is 12.3 Å². The first-order chi connectivity index (χ1) is 14.5. The zero-order valence-electron chi connectivity index (χ0n) is 16.9. The van der Waals surface area contributed by atoms with E-state index in [0.29, 0.717) is 42.4 Å². The fourth-order valence-corrected chi connectivity index (χ4v) is 4.41. The summed E-state index contributed by atoms with van der Waals surface area (Å²) in [7, 11) is 0. The first kappa shape index (κ1) is 20.2. The van der Waals surface area contributed by atoms with Gasteiger partial charge >= 0.3 is 6.03 Å². The van der Waals surface area contributed by atoms with Crippen molar-refractivity contribution in [3.05, 3.63) is 40.1 Å². The van der Waals surface area contributed by atoms with E-state index in [9.17, 15) is 19.7 Å². The highest BCUT2D eigenvalue weighted by atomic mass is 16.6. The van der Waals surface area contributed by atoms with Crippen molar-refractivity contribution in [1.82, 2.24) is 20.5 Å². The minimum absolute atomic E-state index is 0.00406. The number of piperidine rings is 1. The maximum Gasteiger partial charge on any atom is 0.317 e. The van der Waals surface area contributed by atoms with Gasteiger partial charge in [0, 0.05) is 54.4 Å². The molecule has 2 heterocycles. The highest BCUT2D eigenvalue weighted by Crippen LogP contribution is 2.24. The smallest absolute Gasteiger partial charge is 0.317 e. The van der Waals surface area contributed by atoms with Gasteiger partial charge in [0.05, 0.1) is 10.5 Å². The zero-order valence-corrected chi connectivity index (χ0v) is 16.9. The summed E-state index contributed by atoms with van der Waals surface area (Å²) in [6.07, 6.45) is 8.67. The number of non-ortho nitro benzene ring substituents is 1. The molecule has 9 nitrogen and oxygen atoms in total. The molecule has 1 saturated heterocycles. The molecule has 3 amide bonds. The van der Waals surface area contributed by atoms with Crippen LogP contribution in [0.25, 0.3) is 10.9 Å².